The van der Waals surface area contributed by atoms with Gasteiger partial charge in [-0.3, -0.25) is 9.89 Å². The summed E-state index contributed by atoms with van der Waals surface area (Å²) in [6.45, 7) is 5.94. The van der Waals surface area contributed by atoms with Crippen LogP contribution in [0, 0.1) is 12.8 Å². The van der Waals surface area contributed by atoms with Crippen molar-refractivity contribution in [1.82, 2.24) is 10.2 Å². The SMILES string of the molecule is Cc1cn[nH]c1NC(=O)[C@@H](N)CC(C)C. The Labute approximate surface area is 89.4 Å². The molecular weight excluding hydrogens is 192 g/mol. The number of nitrogens with two attached hydrogens (primary N) is 1. The molecule has 0 aromatic carbocycles. The zero-order valence-corrected chi connectivity index (χ0v) is 9.37. The smallest absolute Gasteiger partial charge is 0.242 e. The Bertz CT molecular complexity index is 332. The van der Waals surface area contributed by atoms with Crippen LogP contribution in [0.1, 0.15) is 25.8 Å². The van der Waals surface area contributed by atoms with Gasteiger partial charge in [-0.25, -0.2) is 0 Å². The molecule has 0 saturated heterocycles. The van der Waals surface area contributed by atoms with Gasteiger partial charge < -0.3 is 11.1 Å². The Morgan fingerprint density at radius 1 is 1.67 bits per heavy atom. The van der Waals surface area contributed by atoms with Gasteiger partial charge >= 0.3 is 0 Å². The van der Waals surface area contributed by atoms with Crippen LogP contribution in [0.25, 0.3) is 0 Å². The molecule has 0 radical (unpaired) electrons. The van der Waals surface area contributed by atoms with Crippen molar-refractivity contribution in [2.45, 2.75) is 33.2 Å². The number of H-pyrrole nitrogens is 1. The van der Waals surface area contributed by atoms with Gasteiger partial charge in [0, 0.05) is 5.56 Å². The summed E-state index contributed by atoms with van der Waals surface area (Å²) in [5, 5.41) is 9.23. The van der Waals surface area contributed by atoms with Crippen molar-refractivity contribution >= 4 is 11.7 Å². The number of nitrogens with one attached hydrogen (secondary N) is 2. The van der Waals surface area contributed by atoms with Gasteiger partial charge in [-0.2, -0.15) is 5.10 Å². The second-order valence-corrected chi connectivity index (χ2v) is 4.15. The summed E-state index contributed by atoms with van der Waals surface area (Å²) in [6, 6.07) is -0.465. The molecule has 0 spiro atoms. The van der Waals surface area contributed by atoms with Crippen molar-refractivity contribution in [1.29, 1.82) is 0 Å². The molecule has 0 fully saturated rings. The topological polar surface area (TPSA) is 83.8 Å². The van der Waals surface area contributed by atoms with E-state index in [0.29, 0.717) is 18.2 Å². The van der Waals surface area contributed by atoms with Crippen molar-refractivity contribution in [3.63, 3.8) is 0 Å². The number of hydrogen-bond acceptors (Lipinski definition) is 3. The van der Waals surface area contributed by atoms with E-state index in [2.05, 4.69) is 15.5 Å². The largest absolute Gasteiger partial charge is 0.320 e. The normalized spacial score (nSPS) is 12.9. The molecule has 1 aromatic rings. The number of nitrogens with zero attached hydrogens (tertiary/aromatic N) is 1. The van der Waals surface area contributed by atoms with Crippen LogP contribution in [0.3, 0.4) is 0 Å². The first-order valence-electron chi connectivity index (χ1n) is 5.07. The van der Waals surface area contributed by atoms with Crippen molar-refractivity contribution in [3.05, 3.63) is 11.8 Å². The van der Waals surface area contributed by atoms with Gasteiger partial charge in [-0.05, 0) is 19.3 Å². The van der Waals surface area contributed by atoms with E-state index in [1.54, 1.807) is 6.20 Å². The molecule has 1 rings (SSSR count). The summed E-state index contributed by atoms with van der Waals surface area (Å²) < 4.78 is 0. The molecular formula is C10H18N4O. The molecule has 84 valence electrons. The number of carbonyl (C=O) groups excluding carboxylic acids is 1. The molecule has 0 aliphatic rings. The fourth-order valence-electron chi connectivity index (χ4n) is 1.30. The average Bonchev–Trinajstić information content (AvgIpc) is 2.50. The average molecular weight is 210 g/mol. The molecule has 0 aliphatic heterocycles. The minimum absolute atomic E-state index is 0.170. The van der Waals surface area contributed by atoms with E-state index in [1.807, 2.05) is 20.8 Å². The summed E-state index contributed by atoms with van der Waals surface area (Å²) in [5.74, 6) is 0.865. The van der Waals surface area contributed by atoms with Gasteiger partial charge in [0.1, 0.15) is 5.82 Å². The van der Waals surface area contributed by atoms with E-state index in [1.165, 1.54) is 0 Å². The Morgan fingerprint density at radius 2 is 2.33 bits per heavy atom. The number of anilines is 1. The lowest BCUT2D eigenvalue weighted by atomic mass is 10.0. The van der Waals surface area contributed by atoms with Crippen LogP contribution < -0.4 is 11.1 Å². The number of aromatic amines is 1. The fraction of sp³-hybridized carbons (Fsp3) is 0.600. The number of rotatable bonds is 4. The van der Waals surface area contributed by atoms with Crippen molar-refractivity contribution < 1.29 is 4.79 Å². The van der Waals surface area contributed by atoms with Crippen LogP contribution in [-0.4, -0.2) is 22.1 Å². The summed E-state index contributed by atoms with van der Waals surface area (Å²) in [6.07, 6.45) is 2.34. The quantitative estimate of drug-likeness (QED) is 0.694. The van der Waals surface area contributed by atoms with Gasteiger partial charge in [-0.1, -0.05) is 13.8 Å². The maximum atomic E-state index is 11.6. The molecule has 1 amide bonds. The molecule has 5 heteroatoms. The van der Waals surface area contributed by atoms with E-state index < -0.39 is 6.04 Å². The first-order chi connectivity index (χ1) is 7.00. The summed E-state index contributed by atoms with van der Waals surface area (Å²) in [4.78, 5) is 11.6. The number of hydrogen-bond donors (Lipinski definition) is 3. The van der Waals surface area contributed by atoms with Gasteiger partial charge in [0.2, 0.25) is 5.91 Å². The predicted octanol–water partition coefficient (Wildman–Crippen LogP) is 1.03. The summed E-state index contributed by atoms with van der Waals surface area (Å²) in [5.41, 5.74) is 6.64. The van der Waals surface area contributed by atoms with E-state index >= 15 is 0 Å². The molecule has 0 aliphatic carbocycles. The van der Waals surface area contributed by atoms with Gasteiger partial charge in [-0.15, -0.1) is 0 Å². The van der Waals surface area contributed by atoms with Crippen LogP contribution in [0.4, 0.5) is 5.82 Å². The van der Waals surface area contributed by atoms with E-state index in [4.69, 9.17) is 5.73 Å². The Balaban J connectivity index is 2.52. The second kappa shape index (κ2) is 4.93. The van der Waals surface area contributed by atoms with Crippen LogP contribution >= 0.6 is 0 Å². The predicted molar refractivity (Wildman–Crippen MR) is 59.4 cm³/mol. The second-order valence-electron chi connectivity index (χ2n) is 4.15. The minimum atomic E-state index is -0.465. The van der Waals surface area contributed by atoms with Crippen molar-refractivity contribution in [2.24, 2.45) is 11.7 Å². The van der Waals surface area contributed by atoms with Crippen LogP contribution in [0.15, 0.2) is 6.20 Å². The number of aryl methyl sites for hydroxylation is 1. The third kappa shape index (κ3) is 3.36. The molecule has 1 heterocycles. The Morgan fingerprint density at radius 3 is 2.80 bits per heavy atom. The molecule has 15 heavy (non-hydrogen) atoms. The zero-order valence-electron chi connectivity index (χ0n) is 9.37. The Hall–Kier alpha value is -1.36. The van der Waals surface area contributed by atoms with Crippen molar-refractivity contribution in [3.8, 4) is 0 Å². The number of aromatic nitrogens is 2. The monoisotopic (exact) mass is 210 g/mol. The van der Waals surface area contributed by atoms with Crippen molar-refractivity contribution in [2.75, 3.05) is 5.32 Å². The van der Waals surface area contributed by atoms with E-state index in [0.717, 1.165) is 5.56 Å². The number of amides is 1. The highest BCUT2D eigenvalue weighted by molar-refractivity contribution is 5.94. The first-order valence-corrected chi connectivity index (χ1v) is 5.07. The maximum absolute atomic E-state index is 11.6. The highest BCUT2D eigenvalue weighted by Gasteiger charge is 2.16. The lowest BCUT2D eigenvalue weighted by molar-refractivity contribution is -0.117. The molecule has 1 aromatic heterocycles. The van der Waals surface area contributed by atoms with Crippen LogP contribution in [-0.2, 0) is 4.79 Å². The minimum Gasteiger partial charge on any atom is -0.320 e. The standard InChI is InChI=1S/C10H18N4O/c1-6(2)4-8(11)10(15)13-9-7(3)5-12-14-9/h5-6,8H,4,11H2,1-3H3,(H2,12,13,14,15)/t8-/m0/s1. The molecule has 0 saturated carbocycles. The zero-order chi connectivity index (χ0) is 11.4. The summed E-state index contributed by atoms with van der Waals surface area (Å²) in [7, 11) is 0. The molecule has 4 N–H and O–H groups in total. The van der Waals surface area contributed by atoms with Crippen LogP contribution in [0.2, 0.25) is 0 Å². The molecule has 1 atom stereocenters. The van der Waals surface area contributed by atoms with E-state index in [-0.39, 0.29) is 5.91 Å². The molecule has 5 nitrogen and oxygen atoms in total. The highest BCUT2D eigenvalue weighted by atomic mass is 16.2. The lowest BCUT2D eigenvalue weighted by Crippen LogP contribution is -2.36. The lowest BCUT2D eigenvalue weighted by Gasteiger charge is -2.13. The van der Waals surface area contributed by atoms with E-state index in [9.17, 15) is 4.79 Å². The molecule has 0 unspecified atom stereocenters. The fourth-order valence-corrected chi connectivity index (χ4v) is 1.30. The van der Waals surface area contributed by atoms with Gasteiger partial charge in [0.25, 0.3) is 0 Å². The molecule has 0 bridgehead atoms. The first kappa shape index (κ1) is 11.7. The Kier molecular flexibility index (Phi) is 3.85. The van der Waals surface area contributed by atoms with Gasteiger partial charge in [0.05, 0.1) is 12.2 Å². The third-order valence-corrected chi connectivity index (χ3v) is 2.14. The number of carbonyl (C=O) groups is 1. The third-order valence-electron chi connectivity index (χ3n) is 2.14. The maximum Gasteiger partial charge on any atom is 0.242 e. The van der Waals surface area contributed by atoms with Gasteiger partial charge in [0.15, 0.2) is 0 Å². The highest BCUT2D eigenvalue weighted by Crippen LogP contribution is 2.10. The van der Waals surface area contributed by atoms with Crippen LogP contribution in [0.5, 0.6) is 0 Å². The summed E-state index contributed by atoms with van der Waals surface area (Å²) >= 11 is 0.